The number of urea groups is 1. The zero-order chi connectivity index (χ0) is 21.2. The highest BCUT2D eigenvalue weighted by atomic mass is 32.2. The summed E-state index contributed by atoms with van der Waals surface area (Å²) in [5.74, 6) is -0.298. The maximum absolute atomic E-state index is 13.2. The molecule has 0 aliphatic carbocycles. The van der Waals surface area contributed by atoms with Crippen molar-refractivity contribution in [3.05, 3.63) is 65.4 Å². The standard InChI is InChI=1S/C21H19N3O5S/c1-2-23-20(25)16-11-14-12-7-3-5-9-15(12)22-18(14)19(24(16)21(23)26)13-8-4-6-10-17(13)30(27,28)29/h3-10,16,19,22H,2,11H2,1H3,(H,27,28,29). The summed E-state index contributed by atoms with van der Waals surface area (Å²) in [5, 5.41) is 0.927. The number of aromatic nitrogens is 1. The average Bonchev–Trinajstić information content (AvgIpc) is 3.21. The van der Waals surface area contributed by atoms with E-state index < -0.39 is 28.2 Å². The minimum absolute atomic E-state index is 0.228. The second kappa shape index (κ2) is 6.41. The van der Waals surface area contributed by atoms with Gasteiger partial charge in [0.15, 0.2) is 0 Å². The molecule has 154 valence electrons. The minimum Gasteiger partial charge on any atom is -0.356 e. The molecule has 5 rings (SSSR count). The van der Waals surface area contributed by atoms with Gasteiger partial charge in [0.25, 0.3) is 16.0 Å². The number of rotatable bonds is 3. The molecule has 3 amide bonds. The van der Waals surface area contributed by atoms with Gasteiger partial charge in [0, 0.05) is 35.1 Å². The summed E-state index contributed by atoms with van der Waals surface area (Å²) < 4.78 is 34.0. The molecule has 0 saturated carbocycles. The van der Waals surface area contributed by atoms with Crippen molar-refractivity contribution < 1.29 is 22.6 Å². The number of aromatic amines is 1. The Morgan fingerprint density at radius 1 is 1.10 bits per heavy atom. The van der Waals surface area contributed by atoms with E-state index in [1.165, 1.54) is 21.9 Å². The molecule has 3 aromatic rings. The van der Waals surface area contributed by atoms with Gasteiger partial charge in [-0.1, -0.05) is 36.4 Å². The normalized spacial score (nSPS) is 21.3. The van der Waals surface area contributed by atoms with Gasteiger partial charge in [0.1, 0.15) is 12.1 Å². The van der Waals surface area contributed by atoms with Gasteiger partial charge < -0.3 is 4.98 Å². The van der Waals surface area contributed by atoms with Gasteiger partial charge in [-0.05, 0) is 24.6 Å². The number of imide groups is 1. The third-order valence-corrected chi connectivity index (χ3v) is 6.87. The van der Waals surface area contributed by atoms with Gasteiger partial charge >= 0.3 is 6.03 Å². The van der Waals surface area contributed by atoms with Crippen LogP contribution >= 0.6 is 0 Å². The van der Waals surface area contributed by atoms with E-state index in [9.17, 15) is 22.6 Å². The molecule has 1 fully saturated rings. The number of hydrogen-bond donors (Lipinski definition) is 2. The molecule has 2 unspecified atom stereocenters. The minimum atomic E-state index is -4.54. The molecule has 2 aliphatic rings. The fourth-order valence-electron chi connectivity index (χ4n) is 4.69. The predicted molar refractivity (Wildman–Crippen MR) is 109 cm³/mol. The molecule has 2 atom stereocenters. The Kier molecular flexibility index (Phi) is 4.03. The first kappa shape index (κ1) is 18.8. The van der Waals surface area contributed by atoms with Crippen LogP contribution in [0.3, 0.4) is 0 Å². The van der Waals surface area contributed by atoms with Crippen molar-refractivity contribution in [2.75, 3.05) is 6.54 Å². The summed E-state index contributed by atoms with van der Waals surface area (Å²) in [6, 6.07) is 11.6. The highest BCUT2D eigenvalue weighted by Gasteiger charge is 2.52. The van der Waals surface area contributed by atoms with Crippen LogP contribution in [-0.2, 0) is 21.3 Å². The van der Waals surface area contributed by atoms with Gasteiger partial charge in [0.05, 0.1) is 4.90 Å². The van der Waals surface area contributed by atoms with Crippen molar-refractivity contribution in [2.24, 2.45) is 0 Å². The van der Waals surface area contributed by atoms with E-state index in [2.05, 4.69) is 4.98 Å². The fraction of sp³-hybridized carbons (Fsp3) is 0.238. The average molecular weight is 425 g/mol. The summed E-state index contributed by atoms with van der Waals surface area (Å²) in [5.41, 5.74) is 2.62. The first-order valence-corrected chi connectivity index (χ1v) is 11.1. The van der Waals surface area contributed by atoms with Crippen molar-refractivity contribution in [3.8, 4) is 0 Å². The van der Waals surface area contributed by atoms with Crippen LogP contribution in [0, 0.1) is 0 Å². The molecule has 3 heterocycles. The van der Waals surface area contributed by atoms with Crippen LogP contribution in [0.2, 0.25) is 0 Å². The number of para-hydroxylation sites is 1. The van der Waals surface area contributed by atoms with Crippen LogP contribution in [0.4, 0.5) is 4.79 Å². The molecular formula is C21H19N3O5S. The number of benzene rings is 2. The first-order chi connectivity index (χ1) is 14.3. The molecule has 1 aromatic heterocycles. The van der Waals surface area contributed by atoms with E-state index in [0.29, 0.717) is 12.1 Å². The van der Waals surface area contributed by atoms with Crippen LogP contribution in [0.1, 0.15) is 29.8 Å². The van der Waals surface area contributed by atoms with Crippen molar-refractivity contribution in [3.63, 3.8) is 0 Å². The quantitative estimate of drug-likeness (QED) is 0.495. The van der Waals surface area contributed by atoms with Crippen LogP contribution in [0.25, 0.3) is 10.9 Å². The highest BCUT2D eigenvalue weighted by molar-refractivity contribution is 7.85. The van der Waals surface area contributed by atoms with Crippen molar-refractivity contribution in [2.45, 2.75) is 30.3 Å². The highest BCUT2D eigenvalue weighted by Crippen LogP contribution is 2.45. The second-order valence-electron chi connectivity index (χ2n) is 7.47. The van der Waals surface area contributed by atoms with E-state index in [4.69, 9.17) is 0 Å². The topological polar surface area (TPSA) is 111 Å². The lowest BCUT2D eigenvalue weighted by molar-refractivity contribution is -0.128. The maximum Gasteiger partial charge on any atom is 0.328 e. The van der Waals surface area contributed by atoms with Crippen LogP contribution in [0.5, 0.6) is 0 Å². The maximum atomic E-state index is 13.2. The van der Waals surface area contributed by atoms with Crippen LogP contribution in [0.15, 0.2) is 53.4 Å². The van der Waals surface area contributed by atoms with Gasteiger partial charge in [-0.15, -0.1) is 0 Å². The third-order valence-electron chi connectivity index (χ3n) is 5.94. The smallest absolute Gasteiger partial charge is 0.328 e. The molecule has 0 radical (unpaired) electrons. The number of H-pyrrole nitrogens is 1. The summed E-state index contributed by atoms with van der Waals surface area (Å²) in [6.45, 7) is 1.95. The van der Waals surface area contributed by atoms with Crippen LogP contribution < -0.4 is 0 Å². The first-order valence-electron chi connectivity index (χ1n) is 9.62. The van der Waals surface area contributed by atoms with E-state index in [0.717, 1.165) is 16.5 Å². The monoisotopic (exact) mass is 425 g/mol. The zero-order valence-corrected chi connectivity index (χ0v) is 16.9. The summed E-state index contributed by atoms with van der Waals surface area (Å²) in [6.07, 6.45) is 0.338. The van der Waals surface area contributed by atoms with Crippen molar-refractivity contribution in [1.29, 1.82) is 0 Å². The summed E-state index contributed by atoms with van der Waals surface area (Å²) in [7, 11) is -4.54. The molecule has 0 spiro atoms. The lowest BCUT2D eigenvalue weighted by atomic mass is 9.89. The Balaban J connectivity index is 1.82. The molecule has 30 heavy (non-hydrogen) atoms. The van der Waals surface area contributed by atoms with E-state index in [1.807, 2.05) is 24.3 Å². The molecule has 1 saturated heterocycles. The van der Waals surface area contributed by atoms with Gasteiger partial charge in [-0.3, -0.25) is 19.1 Å². The van der Waals surface area contributed by atoms with E-state index >= 15 is 0 Å². The number of hydrogen-bond acceptors (Lipinski definition) is 4. The third kappa shape index (κ3) is 2.52. The molecule has 0 bridgehead atoms. The Labute approximate surface area is 172 Å². The number of fused-ring (bicyclic) bond motifs is 4. The Bertz CT molecular complexity index is 1310. The number of carbonyl (C=O) groups excluding carboxylic acids is 2. The largest absolute Gasteiger partial charge is 0.356 e. The number of likely N-dealkylation sites (N-methyl/N-ethyl adjacent to an activating group) is 1. The SMILES string of the molecule is CCN1C(=O)C2Cc3c([nH]c4ccccc34)C(c3ccccc3S(=O)(=O)O)N2C1=O. The summed E-state index contributed by atoms with van der Waals surface area (Å²) in [4.78, 5) is 31.8. The predicted octanol–water partition coefficient (Wildman–Crippen LogP) is 2.71. The second-order valence-corrected chi connectivity index (χ2v) is 8.86. The number of carbonyl (C=O) groups is 2. The molecule has 8 nitrogen and oxygen atoms in total. The van der Waals surface area contributed by atoms with Crippen molar-refractivity contribution in [1.82, 2.24) is 14.8 Å². The van der Waals surface area contributed by atoms with Gasteiger partial charge in [-0.2, -0.15) is 8.42 Å². The van der Waals surface area contributed by atoms with E-state index in [1.54, 1.807) is 19.1 Å². The summed E-state index contributed by atoms with van der Waals surface area (Å²) >= 11 is 0. The molecular weight excluding hydrogens is 406 g/mol. The Hall–Kier alpha value is -3.17. The van der Waals surface area contributed by atoms with E-state index in [-0.39, 0.29) is 22.9 Å². The Morgan fingerprint density at radius 3 is 2.53 bits per heavy atom. The number of nitrogens with one attached hydrogen (secondary N) is 1. The lowest BCUT2D eigenvalue weighted by Crippen LogP contribution is -2.44. The molecule has 2 aliphatic heterocycles. The van der Waals surface area contributed by atoms with Crippen molar-refractivity contribution >= 4 is 33.0 Å². The van der Waals surface area contributed by atoms with Gasteiger partial charge in [0.2, 0.25) is 0 Å². The molecule has 2 N–H and O–H groups in total. The Morgan fingerprint density at radius 2 is 1.80 bits per heavy atom. The van der Waals surface area contributed by atoms with Gasteiger partial charge in [-0.25, -0.2) is 4.79 Å². The number of nitrogens with zero attached hydrogens (tertiary/aromatic N) is 2. The lowest BCUT2D eigenvalue weighted by Gasteiger charge is -2.36. The van der Waals surface area contributed by atoms with Crippen LogP contribution in [-0.4, -0.2) is 52.3 Å². The molecule has 9 heteroatoms. The molecule has 2 aromatic carbocycles. The fourth-order valence-corrected chi connectivity index (χ4v) is 5.41. The number of amides is 3. The zero-order valence-electron chi connectivity index (χ0n) is 16.1.